The maximum atomic E-state index is 5.13. The van der Waals surface area contributed by atoms with Gasteiger partial charge in [0.1, 0.15) is 0 Å². The van der Waals surface area contributed by atoms with E-state index in [1.807, 2.05) is 6.08 Å². The molecule has 0 aromatic rings. The fraction of sp³-hybridized carbons (Fsp3) is 0.875. The van der Waals surface area contributed by atoms with Crippen LogP contribution in [0.2, 0.25) is 0 Å². The van der Waals surface area contributed by atoms with Crippen LogP contribution in [-0.4, -0.2) is 50.3 Å². The normalized spacial score (nSPS) is 12.1. The van der Waals surface area contributed by atoms with E-state index in [4.69, 9.17) is 4.74 Å². The van der Waals surface area contributed by atoms with Gasteiger partial charge in [0.2, 0.25) is 0 Å². The topological polar surface area (TPSA) is 24.5 Å². The third-order valence-electron chi connectivity index (χ3n) is 3.06. The van der Waals surface area contributed by atoms with Crippen molar-refractivity contribution in [1.29, 1.82) is 0 Å². The zero-order valence-electron chi connectivity index (χ0n) is 13.5. The van der Waals surface area contributed by atoms with Crippen molar-refractivity contribution >= 4 is 0 Å². The minimum Gasteiger partial charge on any atom is -0.383 e. The van der Waals surface area contributed by atoms with Crippen LogP contribution in [-0.2, 0) is 4.74 Å². The summed E-state index contributed by atoms with van der Waals surface area (Å²) in [5, 5.41) is 3.53. The molecule has 0 aromatic heterocycles. The molecule has 19 heavy (non-hydrogen) atoms. The highest BCUT2D eigenvalue weighted by Crippen LogP contribution is 2.04. The minimum absolute atomic E-state index is 0.251. The van der Waals surface area contributed by atoms with Crippen molar-refractivity contribution in [2.45, 2.75) is 52.0 Å². The first kappa shape index (κ1) is 18.6. The summed E-state index contributed by atoms with van der Waals surface area (Å²) in [4.78, 5) is 2.41. The van der Waals surface area contributed by atoms with Crippen molar-refractivity contribution in [3.8, 4) is 0 Å². The molecule has 0 fully saturated rings. The molecule has 0 atom stereocenters. The van der Waals surface area contributed by atoms with E-state index in [-0.39, 0.29) is 5.54 Å². The van der Waals surface area contributed by atoms with Gasteiger partial charge in [0.25, 0.3) is 0 Å². The summed E-state index contributed by atoms with van der Waals surface area (Å²) in [7, 11) is 1.76. The molecule has 0 unspecified atom stereocenters. The maximum absolute atomic E-state index is 5.13. The van der Waals surface area contributed by atoms with Gasteiger partial charge < -0.3 is 10.1 Å². The standard InChI is InChI=1S/C16H34N2O/c1-6-12-18(14-15-19-5)13-10-8-7-9-11-17-16(2,3)4/h6,17H,1,7-15H2,2-5H3. The monoisotopic (exact) mass is 270 g/mol. The highest BCUT2D eigenvalue weighted by atomic mass is 16.5. The lowest BCUT2D eigenvalue weighted by molar-refractivity contribution is 0.153. The highest BCUT2D eigenvalue weighted by molar-refractivity contribution is 4.73. The maximum Gasteiger partial charge on any atom is 0.0589 e. The van der Waals surface area contributed by atoms with Crippen LogP contribution in [0.1, 0.15) is 46.5 Å². The molecule has 0 heterocycles. The van der Waals surface area contributed by atoms with Crippen LogP contribution in [0.25, 0.3) is 0 Å². The summed E-state index contributed by atoms with van der Waals surface area (Å²) < 4.78 is 5.13. The molecule has 0 aliphatic carbocycles. The summed E-state index contributed by atoms with van der Waals surface area (Å²) >= 11 is 0. The molecule has 0 saturated carbocycles. The first-order valence-electron chi connectivity index (χ1n) is 7.57. The van der Waals surface area contributed by atoms with Crippen LogP contribution in [0.5, 0.6) is 0 Å². The zero-order valence-corrected chi connectivity index (χ0v) is 13.5. The second kappa shape index (κ2) is 11.4. The average molecular weight is 270 g/mol. The molecule has 0 radical (unpaired) electrons. The minimum atomic E-state index is 0.251. The van der Waals surface area contributed by atoms with E-state index in [2.05, 4.69) is 37.6 Å². The van der Waals surface area contributed by atoms with Crippen molar-refractivity contribution in [1.82, 2.24) is 10.2 Å². The predicted molar refractivity (Wildman–Crippen MR) is 84.7 cm³/mol. The quantitative estimate of drug-likeness (QED) is 0.436. The number of methoxy groups -OCH3 is 1. The van der Waals surface area contributed by atoms with Gasteiger partial charge in [-0.3, -0.25) is 4.90 Å². The first-order chi connectivity index (χ1) is 8.99. The second-order valence-electron chi connectivity index (χ2n) is 6.17. The number of ether oxygens (including phenoxy) is 1. The predicted octanol–water partition coefficient (Wildman–Crippen LogP) is 3.07. The summed E-state index contributed by atoms with van der Waals surface area (Å²) in [6.07, 6.45) is 7.15. The van der Waals surface area contributed by atoms with Crippen molar-refractivity contribution in [3.05, 3.63) is 12.7 Å². The van der Waals surface area contributed by atoms with Gasteiger partial charge in [-0.25, -0.2) is 0 Å². The van der Waals surface area contributed by atoms with E-state index in [9.17, 15) is 0 Å². The molecule has 0 aliphatic heterocycles. The van der Waals surface area contributed by atoms with Crippen LogP contribution in [0.4, 0.5) is 0 Å². The van der Waals surface area contributed by atoms with Gasteiger partial charge in [0, 0.05) is 25.7 Å². The Labute approximate surface area is 120 Å². The van der Waals surface area contributed by atoms with Gasteiger partial charge in [-0.2, -0.15) is 0 Å². The molecule has 1 N–H and O–H groups in total. The molecule has 0 rings (SSSR count). The lowest BCUT2D eigenvalue weighted by atomic mass is 10.1. The number of rotatable bonds is 12. The van der Waals surface area contributed by atoms with Gasteiger partial charge in [-0.05, 0) is 46.7 Å². The smallest absolute Gasteiger partial charge is 0.0589 e. The Morgan fingerprint density at radius 3 is 2.37 bits per heavy atom. The van der Waals surface area contributed by atoms with E-state index in [0.717, 1.165) is 32.8 Å². The molecule has 3 heteroatoms. The molecule has 0 bridgehead atoms. The Morgan fingerprint density at radius 1 is 1.11 bits per heavy atom. The largest absolute Gasteiger partial charge is 0.383 e. The lowest BCUT2D eigenvalue weighted by Crippen LogP contribution is -2.36. The Bertz CT molecular complexity index is 211. The third kappa shape index (κ3) is 13.8. The van der Waals surface area contributed by atoms with Gasteiger partial charge in [0.05, 0.1) is 6.61 Å². The number of nitrogens with one attached hydrogen (secondary N) is 1. The van der Waals surface area contributed by atoms with Crippen LogP contribution >= 0.6 is 0 Å². The van der Waals surface area contributed by atoms with Crippen molar-refractivity contribution < 1.29 is 4.74 Å². The summed E-state index contributed by atoms with van der Waals surface area (Å²) in [6, 6.07) is 0. The van der Waals surface area contributed by atoms with E-state index < -0.39 is 0 Å². The van der Waals surface area contributed by atoms with Gasteiger partial charge >= 0.3 is 0 Å². The Kier molecular flexibility index (Phi) is 11.2. The van der Waals surface area contributed by atoms with Crippen LogP contribution in [0.15, 0.2) is 12.7 Å². The molecular formula is C16H34N2O. The van der Waals surface area contributed by atoms with Gasteiger partial charge in [-0.1, -0.05) is 18.9 Å². The first-order valence-corrected chi connectivity index (χ1v) is 7.57. The summed E-state index contributed by atoms with van der Waals surface area (Å²) in [5.74, 6) is 0. The number of unbranched alkanes of at least 4 members (excludes halogenated alkanes) is 3. The van der Waals surface area contributed by atoms with Crippen LogP contribution in [0, 0.1) is 0 Å². The molecule has 0 aliphatic rings. The summed E-state index contributed by atoms with van der Waals surface area (Å²) in [6.45, 7) is 15.5. The van der Waals surface area contributed by atoms with E-state index in [0.29, 0.717) is 0 Å². The molecule has 0 saturated heterocycles. The molecular weight excluding hydrogens is 236 g/mol. The van der Waals surface area contributed by atoms with Crippen LogP contribution in [0.3, 0.4) is 0 Å². The lowest BCUT2D eigenvalue weighted by Gasteiger charge is -2.21. The van der Waals surface area contributed by atoms with E-state index in [1.54, 1.807) is 7.11 Å². The summed E-state index contributed by atoms with van der Waals surface area (Å²) in [5.41, 5.74) is 0.251. The molecule has 0 aromatic carbocycles. The Morgan fingerprint density at radius 2 is 1.79 bits per heavy atom. The fourth-order valence-electron chi connectivity index (χ4n) is 1.97. The van der Waals surface area contributed by atoms with Gasteiger partial charge in [0.15, 0.2) is 0 Å². The Hall–Kier alpha value is -0.380. The number of nitrogens with zero attached hydrogens (tertiary/aromatic N) is 1. The SMILES string of the molecule is C=CCN(CCCCCCNC(C)(C)C)CCOC. The van der Waals surface area contributed by atoms with Crippen molar-refractivity contribution in [3.63, 3.8) is 0 Å². The molecule has 3 nitrogen and oxygen atoms in total. The van der Waals surface area contributed by atoms with E-state index in [1.165, 1.54) is 25.7 Å². The van der Waals surface area contributed by atoms with E-state index >= 15 is 0 Å². The highest BCUT2D eigenvalue weighted by Gasteiger charge is 2.07. The molecule has 0 amide bonds. The fourth-order valence-corrected chi connectivity index (χ4v) is 1.97. The number of hydrogen-bond donors (Lipinski definition) is 1. The Balaban J connectivity index is 3.46. The van der Waals surface area contributed by atoms with Crippen molar-refractivity contribution in [2.24, 2.45) is 0 Å². The third-order valence-corrected chi connectivity index (χ3v) is 3.06. The van der Waals surface area contributed by atoms with Crippen molar-refractivity contribution in [2.75, 3.05) is 39.9 Å². The molecule has 0 spiro atoms. The van der Waals surface area contributed by atoms with Crippen LogP contribution < -0.4 is 5.32 Å². The van der Waals surface area contributed by atoms with Gasteiger partial charge in [-0.15, -0.1) is 6.58 Å². The number of hydrogen-bond acceptors (Lipinski definition) is 3. The molecule has 114 valence electrons. The zero-order chi connectivity index (χ0) is 14.6. The average Bonchev–Trinajstić information content (AvgIpc) is 2.33. The second-order valence-corrected chi connectivity index (χ2v) is 6.17.